The van der Waals surface area contributed by atoms with Crippen LogP contribution < -0.4 is 24.8 Å². The van der Waals surface area contributed by atoms with E-state index in [1.165, 1.54) is 65.7 Å². The molecule has 1 aliphatic rings. The van der Waals surface area contributed by atoms with E-state index in [4.69, 9.17) is 0 Å². The number of fused-ring (bicyclic) bond motifs is 3. The van der Waals surface area contributed by atoms with Crippen LogP contribution in [0.3, 0.4) is 0 Å². The van der Waals surface area contributed by atoms with Gasteiger partial charge in [0.05, 0.1) is 0 Å². The van der Waals surface area contributed by atoms with Crippen molar-refractivity contribution in [3.05, 3.63) is 113 Å². The van der Waals surface area contributed by atoms with Crippen LogP contribution in [0.1, 0.15) is 31.9 Å². The Kier molecular flexibility index (Phi) is 13.1. The summed E-state index contributed by atoms with van der Waals surface area (Å²) < 4.78 is 1.46. The third kappa shape index (κ3) is 8.84. The summed E-state index contributed by atoms with van der Waals surface area (Å²) in [5.74, 6) is 0.553. The normalized spacial score (nSPS) is 14.3. The van der Waals surface area contributed by atoms with Gasteiger partial charge in [-0.2, -0.15) is 6.08 Å². The van der Waals surface area contributed by atoms with Crippen molar-refractivity contribution < 1.29 is 49.0 Å². The zero-order chi connectivity index (χ0) is 24.9. The van der Waals surface area contributed by atoms with Gasteiger partial charge in [0.2, 0.25) is 0 Å². The standard InChI is InChI=1S/C13H9.C10H17Si.C9H10.2ClH.Zr/c1-3-7-12-10(5-1)9-11-6-2-4-8-13(11)12;1-8-6-9(2)10(7-8)11(3,4)5;1-3-9-6-4-8(2)5-7-9;;;/h1-9H;7-8H,1-5H3;4-7H,1-2H3;2*1H;/q2*-1;;;;+2/p-2. The molecule has 0 N–H and O–H groups in total. The third-order valence-corrected chi connectivity index (χ3v) is 8.95. The molecule has 0 radical (unpaired) electrons. The Bertz CT molecular complexity index is 1290. The average Bonchev–Trinajstić information content (AvgIpc) is 3.34. The number of benzene rings is 3. The smallest absolute Gasteiger partial charge is 0.0771 e. The number of rotatable bonds is 2. The Hall–Kier alpha value is -1.44. The second-order valence-electron chi connectivity index (χ2n) is 10.2. The summed E-state index contributed by atoms with van der Waals surface area (Å²) in [5.41, 5.74) is 4.11. The molecule has 0 fully saturated rings. The summed E-state index contributed by atoms with van der Waals surface area (Å²) in [6.45, 7) is 15.8. The van der Waals surface area contributed by atoms with E-state index in [2.05, 4.69) is 138 Å². The maximum atomic E-state index is 3.43. The Balaban J connectivity index is 0.000000266. The molecule has 0 heterocycles. The van der Waals surface area contributed by atoms with Gasteiger partial charge < -0.3 is 24.8 Å². The van der Waals surface area contributed by atoms with Gasteiger partial charge in [0.15, 0.2) is 0 Å². The Labute approximate surface area is 246 Å². The van der Waals surface area contributed by atoms with E-state index >= 15 is 0 Å². The van der Waals surface area contributed by atoms with Crippen molar-refractivity contribution in [1.29, 1.82) is 0 Å². The van der Waals surface area contributed by atoms with Crippen LogP contribution in [-0.2, 0) is 24.2 Å². The van der Waals surface area contributed by atoms with Crippen molar-refractivity contribution in [2.24, 2.45) is 5.92 Å². The number of aryl methyl sites for hydroxylation is 1. The first-order chi connectivity index (χ1) is 16.1. The predicted octanol–water partition coefficient (Wildman–Crippen LogP) is 2.99. The predicted molar refractivity (Wildman–Crippen MR) is 151 cm³/mol. The fraction of sp³-hybridized carbons (Fsp3) is 0.250. The molecule has 0 aromatic heterocycles. The van der Waals surface area contributed by atoms with Gasteiger partial charge >= 0.3 is 76.7 Å². The number of halogens is 2. The van der Waals surface area contributed by atoms with Crippen LogP contribution in [0, 0.1) is 18.9 Å². The second-order valence-corrected chi connectivity index (χ2v) is 17.1. The van der Waals surface area contributed by atoms with Crippen LogP contribution >= 0.6 is 0 Å². The van der Waals surface area contributed by atoms with Crippen molar-refractivity contribution in [3.63, 3.8) is 0 Å². The minimum absolute atomic E-state index is 0. The molecule has 0 amide bonds. The molecule has 1 atom stereocenters. The molecule has 0 saturated carbocycles. The number of allylic oxidation sites excluding steroid dienone is 4. The second kappa shape index (κ2) is 14.5. The molecule has 0 spiro atoms. The number of hydrogen-bond donors (Lipinski definition) is 0. The molecule has 0 saturated heterocycles. The molecule has 0 bridgehead atoms. The largest absolute Gasteiger partial charge is 1.00 e. The molecule has 188 valence electrons. The Morgan fingerprint density at radius 3 is 1.64 bits per heavy atom. The Morgan fingerprint density at radius 2 is 1.28 bits per heavy atom. The summed E-state index contributed by atoms with van der Waals surface area (Å²) in [4.78, 5) is 0. The van der Waals surface area contributed by atoms with E-state index in [-0.39, 0.29) is 24.8 Å². The summed E-state index contributed by atoms with van der Waals surface area (Å²) in [7, 11) is -1.07. The first kappa shape index (κ1) is 32.6. The molecule has 36 heavy (non-hydrogen) atoms. The van der Waals surface area contributed by atoms with Crippen LogP contribution in [0.15, 0.2) is 95.7 Å². The molecular weight excluding hydrogens is 575 g/mol. The zero-order valence-corrected chi connectivity index (χ0v) is 27.4. The first-order valence-electron chi connectivity index (χ1n) is 12.0. The van der Waals surface area contributed by atoms with E-state index in [9.17, 15) is 0 Å². The van der Waals surface area contributed by atoms with Gasteiger partial charge in [-0.25, -0.2) is 10.8 Å². The molecule has 4 heteroatoms. The topological polar surface area (TPSA) is 0 Å². The van der Waals surface area contributed by atoms with E-state index in [1.807, 2.05) is 0 Å². The zero-order valence-electron chi connectivity index (χ0n) is 22.4. The summed E-state index contributed by atoms with van der Waals surface area (Å²) >= 11 is 1.51. The van der Waals surface area contributed by atoms with Crippen LogP contribution in [0.2, 0.25) is 19.6 Å². The maximum Gasteiger partial charge on any atom is -0.0771 e. The van der Waals surface area contributed by atoms with Gasteiger partial charge in [-0.15, -0.1) is 39.7 Å². The minimum atomic E-state index is -1.07. The van der Waals surface area contributed by atoms with Gasteiger partial charge in [0.1, 0.15) is 0 Å². The van der Waals surface area contributed by atoms with Crippen LogP contribution in [0.5, 0.6) is 0 Å². The Morgan fingerprint density at radius 1 is 0.806 bits per heavy atom. The van der Waals surface area contributed by atoms with Crippen LogP contribution in [0.4, 0.5) is 0 Å². The van der Waals surface area contributed by atoms with E-state index in [0.717, 1.165) is 0 Å². The average molecular weight is 611 g/mol. The van der Waals surface area contributed by atoms with Gasteiger partial charge in [-0.05, 0) is 8.07 Å². The summed E-state index contributed by atoms with van der Waals surface area (Å²) in [5, 5.41) is 6.99. The fourth-order valence-electron chi connectivity index (χ4n) is 4.36. The molecule has 5 rings (SSSR count). The SMILES string of the molecule is CC1=[C-]C(C)C=C1[Si](C)(C)C.C[C](=[Zr+2])c1ccc(C)cc1.[Cl-].[Cl-].c1ccc2c(c1)[cH-]c1ccccc12. The van der Waals surface area contributed by atoms with Crippen molar-refractivity contribution in [2.45, 2.75) is 47.3 Å². The summed E-state index contributed by atoms with van der Waals surface area (Å²) in [6, 6.07) is 27.9. The first-order valence-corrected chi connectivity index (χ1v) is 16.8. The molecular formula is C32H36Cl2SiZr-2. The van der Waals surface area contributed by atoms with Crippen molar-refractivity contribution >= 4 is 32.8 Å². The minimum Gasteiger partial charge on any atom is -1.00 e. The molecule has 4 aromatic rings. The van der Waals surface area contributed by atoms with Gasteiger partial charge in [0.25, 0.3) is 0 Å². The van der Waals surface area contributed by atoms with Crippen molar-refractivity contribution in [3.8, 4) is 0 Å². The van der Waals surface area contributed by atoms with Crippen LogP contribution in [-0.4, -0.2) is 11.3 Å². The third-order valence-electron chi connectivity index (χ3n) is 6.08. The van der Waals surface area contributed by atoms with Gasteiger partial charge in [0, 0.05) is 0 Å². The van der Waals surface area contributed by atoms with Crippen LogP contribution in [0.25, 0.3) is 21.5 Å². The summed E-state index contributed by atoms with van der Waals surface area (Å²) in [6.07, 6.45) is 5.81. The number of hydrogen-bond acceptors (Lipinski definition) is 0. The maximum absolute atomic E-state index is 3.43. The molecule has 1 aliphatic carbocycles. The van der Waals surface area contributed by atoms with Gasteiger partial charge in [-0.3, -0.25) is 6.08 Å². The van der Waals surface area contributed by atoms with Gasteiger partial charge in [-0.1, -0.05) is 75.8 Å². The molecule has 1 unspecified atom stereocenters. The monoisotopic (exact) mass is 608 g/mol. The van der Waals surface area contributed by atoms with E-state index < -0.39 is 8.07 Å². The molecule has 4 aromatic carbocycles. The van der Waals surface area contributed by atoms with E-state index in [0.29, 0.717) is 5.92 Å². The molecule has 0 nitrogen and oxygen atoms in total. The van der Waals surface area contributed by atoms with Crippen molar-refractivity contribution in [2.75, 3.05) is 0 Å². The van der Waals surface area contributed by atoms with E-state index in [1.54, 1.807) is 5.20 Å². The molecule has 0 aliphatic heterocycles. The fourth-order valence-corrected chi connectivity index (χ4v) is 6.71. The quantitative estimate of drug-likeness (QED) is 0.242. The van der Waals surface area contributed by atoms with Crippen molar-refractivity contribution in [1.82, 2.24) is 0 Å².